The molecule has 2 aromatic rings. The van der Waals surface area contributed by atoms with Crippen LogP contribution in [0.15, 0.2) is 42.6 Å². The van der Waals surface area contributed by atoms with E-state index in [4.69, 9.17) is 40.6 Å². The van der Waals surface area contributed by atoms with Gasteiger partial charge < -0.3 is 43.7 Å². The highest BCUT2D eigenvalue weighted by Crippen LogP contribution is 2.40. The van der Waals surface area contributed by atoms with Gasteiger partial charge in [0.25, 0.3) is 5.17 Å². The van der Waals surface area contributed by atoms with E-state index in [2.05, 4.69) is 10.3 Å². The van der Waals surface area contributed by atoms with Gasteiger partial charge >= 0.3 is 12.1 Å². The average molecular weight is 826 g/mol. The SMILES string of the molecule is CC[C@H]1OC(=O)[C@H](C)C(=O)[C@H](C)[C@@H](O[C@@H]2O[C@H](C)C[C@H](N(C)C)[C@H]2O)[C@](C)(OC(=O)OC/C=C/c2cnc3ccccc3c2)C[C@@H](C)C(=O)[C@H](C)[C@H]2NC(=S)O[C@@]21C. The van der Waals surface area contributed by atoms with Gasteiger partial charge in [-0.25, -0.2) is 4.79 Å². The first-order chi connectivity index (χ1) is 27.3. The first-order valence-corrected chi connectivity index (χ1v) is 20.5. The van der Waals surface area contributed by atoms with Crippen LogP contribution < -0.4 is 5.32 Å². The average Bonchev–Trinajstić information content (AvgIpc) is 3.50. The number of benzene rings is 1. The van der Waals surface area contributed by atoms with Crippen molar-refractivity contribution >= 4 is 58.1 Å². The number of hydrogen-bond donors (Lipinski definition) is 2. The molecule has 4 heterocycles. The van der Waals surface area contributed by atoms with Crippen LogP contribution in [-0.2, 0) is 42.8 Å². The van der Waals surface area contributed by atoms with Gasteiger partial charge in [0.2, 0.25) is 0 Å². The van der Waals surface area contributed by atoms with Crippen molar-refractivity contribution in [3.05, 3.63) is 48.2 Å². The molecule has 3 aliphatic heterocycles. The Labute approximate surface area is 346 Å². The number of ketones is 2. The lowest BCUT2D eigenvalue weighted by molar-refractivity contribution is -0.293. The summed E-state index contributed by atoms with van der Waals surface area (Å²) in [4.78, 5) is 62.8. The Hall–Kier alpha value is -4.02. The normalized spacial score (nSPS) is 36.5. The number of Topliss-reactive ketones (excluding diaryl/α,β-unsaturated/α-hetero) is 2. The highest BCUT2D eigenvalue weighted by atomic mass is 32.1. The van der Waals surface area contributed by atoms with Gasteiger partial charge in [0.05, 0.1) is 17.7 Å². The van der Waals surface area contributed by atoms with Crippen molar-refractivity contribution in [1.82, 2.24) is 15.2 Å². The fraction of sp³-hybridized carbons (Fsp3) is 0.628. The quantitative estimate of drug-likeness (QED) is 0.197. The van der Waals surface area contributed by atoms with E-state index >= 15 is 0 Å². The summed E-state index contributed by atoms with van der Waals surface area (Å²) < 4.78 is 36.6. The molecule has 0 aliphatic carbocycles. The fourth-order valence-corrected chi connectivity index (χ4v) is 9.09. The number of para-hydroxylation sites is 1. The predicted molar refractivity (Wildman–Crippen MR) is 219 cm³/mol. The molecule has 318 valence electrons. The molecule has 13 atom stereocenters. The molecule has 0 bridgehead atoms. The van der Waals surface area contributed by atoms with E-state index in [9.17, 15) is 24.3 Å². The summed E-state index contributed by atoms with van der Waals surface area (Å²) in [5.74, 6) is -5.59. The van der Waals surface area contributed by atoms with Crippen LogP contribution in [0.4, 0.5) is 4.79 Å². The van der Waals surface area contributed by atoms with Crippen molar-refractivity contribution in [2.75, 3.05) is 20.7 Å². The molecule has 1 aromatic carbocycles. The molecule has 2 N–H and O–H groups in total. The fourth-order valence-electron chi connectivity index (χ4n) is 8.78. The Bertz CT molecular complexity index is 1880. The number of thiocarbonyl (C=S) groups is 1. The number of carbonyl (C=O) groups excluding carboxylic acids is 4. The Kier molecular flexibility index (Phi) is 14.4. The summed E-state index contributed by atoms with van der Waals surface area (Å²) in [7, 11) is 3.66. The van der Waals surface area contributed by atoms with E-state index in [1.807, 2.05) is 63.2 Å². The maximum absolute atomic E-state index is 14.5. The number of hydrogen-bond acceptors (Lipinski definition) is 14. The minimum absolute atomic E-state index is 0.0583. The van der Waals surface area contributed by atoms with Gasteiger partial charge in [-0.05, 0) is 97.0 Å². The van der Waals surface area contributed by atoms with E-state index in [1.165, 1.54) is 6.92 Å². The minimum atomic E-state index is -1.76. The van der Waals surface area contributed by atoms with E-state index in [0.29, 0.717) is 12.8 Å². The highest BCUT2D eigenvalue weighted by molar-refractivity contribution is 7.80. The number of fused-ring (bicyclic) bond motifs is 2. The van der Waals surface area contributed by atoms with Gasteiger partial charge in [-0.15, -0.1) is 0 Å². The van der Waals surface area contributed by atoms with E-state index in [1.54, 1.807) is 53.0 Å². The summed E-state index contributed by atoms with van der Waals surface area (Å²) in [5.41, 5.74) is -1.36. The number of nitrogens with one attached hydrogen (secondary N) is 1. The zero-order valence-corrected chi connectivity index (χ0v) is 35.9. The molecule has 58 heavy (non-hydrogen) atoms. The number of ether oxygens (including phenoxy) is 6. The first kappa shape index (κ1) is 45.1. The third kappa shape index (κ3) is 9.71. The molecule has 0 radical (unpaired) electrons. The molecule has 5 rings (SSSR count). The van der Waals surface area contributed by atoms with Gasteiger partial charge in [-0.3, -0.25) is 19.4 Å². The number of rotatable bonds is 8. The minimum Gasteiger partial charge on any atom is -0.459 e. The lowest BCUT2D eigenvalue weighted by Crippen LogP contribution is -2.60. The Morgan fingerprint density at radius 1 is 1.09 bits per heavy atom. The molecule has 3 fully saturated rings. The number of cyclic esters (lactones) is 1. The molecule has 1 aromatic heterocycles. The van der Waals surface area contributed by atoms with Gasteiger partial charge in [-0.2, -0.15) is 0 Å². The lowest BCUT2D eigenvalue weighted by Gasteiger charge is -2.46. The number of likely N-dealkylation sites (N-methyl/N-ethyl adjacent to an activating group) is 1. The molecule has 3 aliphatic rings. The predicted octanol–water partition coefficient (Wildman–Crippen LogP) is 5.41. The molecule has 0 saturated carbocycles. The largest absolute Gasteiger partial charge is 0.509 e. The van der Waals surface area contributed by atoms with Crippen LogP contribution in [0, 0.1) is 23.7 Å². The summed E-state index contributed by atoms with van der Waals surface area (Å²) in [5, 5.41) is 15.7. The molecule has 3 saturated heterocycles. The van der Waals surface area contributed by atoms with Gasteiger partial charge in [-0.1, -0.05) is 52.0 Å². The zero-order valence-electron chi connectivity index (χ0n) is 35.1. The second kappa shape index (κ2) is 18.5. The standard InChI is InChI=1S/C43H59N3O11S/c1-11-32-43(8)36(45-40(58)56-43)25(4)33(47)23(2)21-42(7,57-41(51)52-18-14-15-28-20-29-16-12-13-17-30(29)44-22-28)37(26(5)34(48)27(6)38(50)54-32)55-39-35(49)31(46(9)10)19-24(3)53-39/h12-17,20,22-27,31-32,35-37,39,49H,11,18-19,21H2,1-10H3,(H,45,58)/b15-14+/t23-,24-,25+,26+,27-,31+,32-,35-,36-,37-,39+,42-,43-/m1/s1. The van der Waals surface area contributed by atoms with E-state index in [0.717, 1.165) is 16.5 Å². The Morgan fingerprint density at radius 3 is 2.48 bits per heavy atom. The molecule has 15 heteroatoms. The van der Waals surface area contributed by atoms with Crippen LogP contribution in [0.5, 0.6) is 0 Å². The molecule has 0 amide bonds. The summed E-state index contributed by atoms with van der Waals surface area (Å²) >= 11 is 5.41. The first-order valence-electron chi connectivity index (χ1n) is 20.1. The Balaban J connectivity index is 1.51. The van der Waals surface area contributed by atoms with Crippen LogP contribution in [0.3, 0.4) is 0 Å². The number of pyridine rings is 1. The number of esters is 1. The van der Waals surface area contributed by atoms with Crippen molar-refractivity contribution in [1.29, 1.82) is 0 Å². The van der Waals surface area contributed by atoms with Crippen molar-refractivity contribution in [2.45, 2.75) is 129 Å². The second-order valence-corrected chi connectivity index (χ2v) is 17.1. The summed E-state index contributed by atoms with van der Waals surface area (Å²) in [6, 6.07) is 8.58. The molecule has 0 unspecified atom stereocenters. The van der Waals surface area contributed by atoms with E-state index < -0.39 is 83.4 Å². The topological polar surface area (TPSA) is 172 Å². The number of aliphatic hydroxyl groups is 1. The van der Waals surface area contributed by atoms with Gasteiger partial charge in [0, 0.05) is 35.4 Å². The van der Waals surface area contributed by atoms with Crippen LogP contribution >= 0.6 is 12.2 Å². The maximum atomic E-state index is 14.5. The number of aromatic nitrogens is 1. The summed E-state index contributed by atoms with van der Waals surface area (Å²) in [6.07, 6.45) is -0.308. The molecule has 0 spiro atoms. The van der Waals surface area contributed by atoms with Crippen molar-refractivity contribution < 1.29 is 52.7 Å². The van der Waals surface area contributed by atoms with Crippen LogP contribution in [0.2, 0.25) is 0 Å². The number of aliphatic hydroxyl groups excluding tert-OH is 1. The third-order valence-electron chi connectivity index (χ3n) is 12.0. The third-order valence-corrected chi connectivity index (χ3v) is 12.2. The van der Waals surface area contributed by atoms with Crippen LogP contribution in [0.1, 0.15) is 80.2 Å². The summed E-state index contributed by atoms with van der Waals surface area (Å²) in [6.45, 7) is 13.3. The van der Waals surface area contributed by atoms with E-state index in [-0.39, 0.29) is 36.1 Å². The van der Waals surface area contributed by atoms with Crippen molar-refractivity contribution in [3.63, 3.8) is 0 Å². The van der Waals surface area contributed by atoms with Crippen LogP contribution in [-0.4, -0.2) is 119 Å². The Morgan fingerprint density at radius 2 is 1.79 bits per heavy atom. The zero-order chi connectivity index (χ0) is 42.7. The molecular weight excluding hydrogens is 767 g/mol. The van der Waals surface area contributed by atoms with Crippen molar-refractivity contribution in [2.24, 2.45) is 23.7 Å². The van der Waals surface area contributed by atoms with Gasteiger partial charge in [0.1, 0.15) is 42.2 Å². The number of carbonyl (C=O) groups is 4. The molecular formula is C43H59N3O11S. The van der Waals surface area contributed by atoms with Crippen LogP contribution in [0.25, 0.3) is 17.0 Å². The lowest BCUT2D eigenvalue weighted by atomic mass is 9.73. The maximum Gasteiger partial charge on any atom is 0.509 e. The number of nitrogens with zero attached hydrogens (tertiary/aromatic N) is 2. The monoisotopic (exact) mass is 825 g/mol. The molecule has 14 nitrogen and oxygen atoms in total. The van der Waals surface area contributed by atoms with Crippen molar-refractivity contribution in [3.8, 4) is 0 Å². The highest BCUT2D eigenvalue weighted by Gasteiger charge is 2.57. The second-order valence-electron chi connectivity index (χ2n) is 16.7. The van der Waals surface area contributed by atoms with Gasteiger partial charge in [0.15, 0.2) is 17.7 Å². The smallest absolute Gasteiger partial charge is 0.459 e.